The predicted molar refractivity (Wildman–Crippen MR) is 99.6 cm³/mol. The zero-order valence-electron chi connectivity index (χ0n) is 15.1. The van der Waals surface area contributed by atoms with E-state index in [1.54, 1.807) is 24.4 Å². The highest BCUT2D eigenvalue weighted by Gasteiger charge is 2.44. The molecular weight excluding hydrogens is 346 g/mol. The van der Waals surface area contributed by atoms with Crippen molar-refractivity contribution in [1.29, 1.82) is 0 Å². The van der Waals surface area contributed by atoms with E-state index in [-0.39, 0.29) is 30.1 Å². The van der Waals surface area contributed by atoms with Crippen molar-refractivity contribution in [2.75, 3.05) is 0 Å². The third-order valence-electron chi connectivity index (χ3n) is 4.83. The summed E-state index contributed by atoms with van der Waals surface area (Å²) < 4.78 is 11.9. The fraction of sp³-hybridized carbons (Fsp3) is 0.350. The van der Waals surface area contributed by atoms with Gasteiger partial charge in [0.1, 0.15) is 11.9 Å². The van der Waals surface area contributed by atoms with E-state index < -0.39 is 5.91 Å². The molecule has 0 spiro atoms. The van der Waals surface area contributed by atoms with Crippen molar-refractivity contribution in [1.82, 2.24) is 10.3 Å². The number of primary amides is 1. The number of ether oxygens (including phenoxy) is 2. The lowest BCUT2D eigenvalue weighted by Gasteiger charge is -2.24. The van der Waals surface area contributed by atoms with Crippen LogP contribution in [0.15, 0.2) is 36.5 Å². The van der Waals surface area contributed by atoms with E-state index in [0.29, 0.717) is 29.0 Å². The average molecular weight is 367 g/mol. The Labute approximate surface area is 156 Å². The summed E-state index contributed by atoms with van der Waals surface area (Å²) in [6, 6.07) is 5.03. The molecule has 2 bridgehead atoms. The number of nitrogens with two attached hydrogens (primary N) is 1. The molecule has 1 fully saturated rings. The molecule has 140 valence electrons. The Morgan fingerprint density at radius 1 is 1.37 bits per heavy atom. The monoisotopic (exact) mass is 367 g/mol. The molecule has 0 radical (unpaired) electrons. The molecule has 27 heavy (non-hydrogen) atoms. The van der Waals surface area contributed by atoms with Crippen LogP contribution in [0.1, 0.15) is 30.6 Å². The number of fused-ring (bicyclic) bond motifs is 3. The highest BCUT2D eigenvalue weighted by atomic mass is 16.5. The number of nitrogens with one attached hydrogen (secondary N) is 1. The quantitative estimate of drug-likeness (QED) is 0.786. The number of benzene rings is 1. The molecule has 0 unspecified atom stereocenters. The molecular formula is C20H21N3O4. The number of allylic oxidation sites excluding steroid dienone is 1. The maximum atomic E-state index is 12.1. The number of nitrogens with zero attached hydrogens (tertiary/aromatic N) is 1. The summed E-state index contributed by atoms with van der Waals surface area (Å²) in [5, 5.41) is 4.41. The number of pyridine rings is 1. The Hall–Kier alpha value is -3.09. The van der Waals surface area contributed by atoms with Gasteiger partial charge in [-0.1, -0.05) is 12.2 Å². The second-order valence-corrected chi connectivity index (χ2v) is 7.10. The molecule has 1 aromatic carbocycles. The molecule has 1 aromatic heterocycles. The number of hydrogen-bond donors (Lipinski definition) is 2. The van der Waals surface area contributed by atoms with Gasteiger partial charge in [0.25, 0.3) is 5.91 Å². The van der Waals surface area contributed by atoms with Gasteiger partial charge in [-0.05, 0) is 43.9 Å². The Kier molecular flexibility index (Phi) is 4.22. The number of rotatable bonds is 5. The minimum absolute atomic E-state index is 0.00455. The van der Waals surface area contributed by atoms with Crippen LogP contribution in [0.5, 0.6) is 11.6 Å². The number of carbonyl (C=O) groups excluding carboxylic acids is 2. The lowest BCUT2D eigenvalue weighted by molar-refractivity contribution is -0.123. The molecule has 0 saturated carbocycles. The van der Waals surface area contributed by atoms with Crippen LogP contribution >= 0.6 is 0 Å². The highest BCUT2D eigenvalue weighted by molar-refractivity contribution is 6.01. The van der Waals surface area contributed by atoms with Gasteiger partial charge in [-0.3, -0.25) is 9.59 Å². The molecule has 2 heterocycles. The molecule has 4 rings (SSSR count). The van der Waals surface area contributed by atoms with Crippen LogP contribution < -0.4 is 20.5 Å². The average Bonchev–Trinajstić information content (AvgIpc) is 2.77. The molecule has 1 aliphatic heterocycles. The zero-order chi connectivity index (χ0) is 19.1. The second kappa shape index (κ2) is 6.57. The van der Waals surface area contributed by atoms with Crippen molar-refractivity contribution in [3.63, 3.8) is 0 Å². The van der Waals surface area contributed by atoms with Crippen molar-refractivity contribution in [3.8, 4) is 11.6 Å². The van der Waals surface area contributed by atoms with Crippen LogP contribution in [-0.4, -0.2) is 35.0 Å². The Morgan fingerprint density at radius 3 is 2.89 bits per heavy atom. The maximum absolute atomic E-state index is 12.1. The molecule has 1 saturated heterocycles. The first kappa shape index (κ1) is 17.3. The van der Waals surface area contributed by atoms with Crippen LogP contribution in [0, 0.1) is 5.92 Å². The normalized spacial score (nSPS) is 23.5. The molecule has 2 aliphatic rings. The van der Waals surface area contributed by atoms with E-state index in [1.807, 2.05) is 26.0 Å². The van der Waals surface area contributed by atoms with Crippen LogP contribution in [0.3, 0.4) is 0 Å². The lowest BCUT2D eigenvalue weighted by Crippen LogP contribution is -2.36. The van der Waals surface area contributed by atoms with E-state index in [1.165, 1.54) is 0 Å². The van der Waals surface area contributed by atoms with Gasteiger partial charge >= 0.3 is 0 Å². The Morgan fingerprint density at radius 2 is 2.19 bits per heavy atom. The van der Waals surface area contributed by atoms with Crippen LogP contribution in [0.25, 0.3) is 10.8 Å². The Balaban J connectivity index is 1.76. The third-order valence-corrected chi connectivity index (χ3v) is 4.83. The van der Waals surface area contributed by atoms with Crippen molar-refractivity contribution in [3.05, 3.63) is 42.1 Å². The maximum Gasteiger partial charge on any atom is 0.252 e. The second-order valence-electron chi connectivity index (χ2n) is 7.10. The SMILES string of the molecule is CC(C)Oc1cc2c(O[C@@H]3[C@@H]4CC=C[C@H]3NC4=O)nccc2cc1C(N)=O. The van der Waals surface area contributed by atoms with E-state index in [2.05, 4.69) is 10.3 Å². The van der Waals surface area contributed by atoms with E-state index in [4.69, 9.17) is 15.2 Å². The molecule has 2 aromatic rings. The summed E-state index contributed by atoms with van der Waals surface area (Å²) in [4.78, 5) is 28.3. The first-order valence-corrected chi connectivity index (χ1v) is 8.97. The van der Waals surface area contributed by atoms with Gasteiger partial charge in [0.15, 0.2) is 0 Å². The van der Waals surface area contributed by atoms with Crippen molar-refractivity contribution in [2.24, 2.45) is 11.7 Å². The topological polar surface area (TPSA) is 104 Å². The number of hydrogen-bond acceptors (Lipinski definition) is 5. The minimum Gasteiger partial charge on any atom is -0.490 e. The molecule has 7 heteroatoms. The number of amides is 2. The van der Waals surface area contributed by atoms with Gasteiger partial charge in [-0.25, -0.2) is 4.98 Å². The van der Waals surface area contributed by atoms with Crippen LogP contribution in [-0.2, 0) is 4.79 Å². The van der Waals surface area contributed by atoms with Crippen molar-refractivity contribution >= 4 is 22.6 Å². The summed E-state index contributed by atoms with van der Waals surface area (Å²) in [6.45, 7) is 3.75. The van der Waals surface area contributed by atoms with Crippen LogP contribution in [0.2, 0.25) is 0 Å². The van der Waals surface area contributed by atoms with Crippen molar-refractivity contribution in [2.45, 2.75) is 38.5 Å². The number of carbonyl (C=O) groups is 2. The molecule has 7 nitrogen and oxygen atoms in total. The van der Waals surface area contributed by atoms with Gasteiger partial charge in [0.05, 0.1) is 23.6 Å². The van der Waals surface area contributed by atoms with E-state index >= 15 is 0 Å². The van der Waals surface area contributed by atoms with Crippen LogP contribution in [0.4, 0.5) is 0 Å². The smallest absolute Gasteiger partial charge is 0.252 e. The summed E-state index contributed by atoms with van der Waals surface area (Å²) >= 11 is 0. The van der Waals surface area contributed by atoms with E-state index in [0.717, 1.165) is 5.39 Å². The largest absolute Gasteiger partial charge is 0.490 e. The fourth-order valence-corrected chi connectivity index (χ4v) is 3.62. The Bertz CT molecular complexity index is 954. The fourth-order valence-electron chi connectivity index (χ4n) is 3.62. The highest BCUT2D eigenvalue weighted by Crippen LogP contribution is 2.35. The van der Waals surface area contributed by atoms with Gasteiger partial charge in [0.2, 0.25) is 11.8 Å². The molecule has 2 amide bonds. The van der Waals surface area contributed by atoms with Gasteiger partial charge < -0.3 is 20.5 Å². The third kappa shape index (κ3) is 3.09. The van der Waals surface area contributed by atoms with Gasteiger partial charge in [-0.2, -0.15) is 0 Å². The van der Waals surface area contributed by atoms with Gasteiger partial charge in [-0.15, -0.1) is 0 Å². The molecule has 3 atom stereocenters. The minimum atomic E-state index is -0.558. The first-order chi connectivity index (χ1) is 12.9. The number of aromatic nitrogens is 1. The molecule has 3 N–H and O–H groups in total. The summed E-state index contributed by atoms with van der Waals surface area (Å²) in [6.07, 6.45) is 5.77. The molecule has 1 aliphatic carbocycles. The first-order valence-electron chi connectivity index (χ1n) is 8.97. The van der Waals surface area contributed by atoms with E-state index in [9.17, 15) is 9.59 Å². The lowest BCUT2D eigenvalue weighted by atomic mass is 9.92. The summed E-state index contributed by atoms with van der Waals surface area (Å²) in [7, 11) is 0. The van der Waals surface area contributed by atoms with Gasteiger partial charge in [0, 0.05) is 11.6 Å². The summed E-state index contributed by atoms with van der Waals surface area (Å²) in [5.41, 5.74) is 5.82. The summed E-state index contributed by atoms with van der Waals surface area (Å²) in [5.74, 6) is 0.00740. The van der Waals surface area contributed by atoms with Crippen molar-refractivity contribution < 1.29 is 19.1 Å². The predicted octanol–water partition coefficient (Wildman–Crippen LogP) is 1.94. The standard InChI is InChI=1S/C20H21N3O4/c1-10(2)26-16-9-13-11(8-14(16)18(21)24)6-7-22-20(13)27-17-12-4-3-5-15(17)23-19(12)25/h3,5-10,12,15,17H,4H2,1-2H3,(H2,21,24)(H,23,25)/t12-,15+,17+/m0/s1. The zero-order valence-corrected chi connectivity index (χ0v) is 15.1.